The monoisotopic (exact) mass is 293 g/mol. The van der Waals surface area contributed by atoms with E-state index in [2.05, 4.69) is 30.0 Å². The summed E-state index contributed by atoms with van der Waals surface area (Å²) in [6.07, 6.45) is 0.617. The number of rotatable bonds is 5. The molecule has 0 aliphatic carbocycles. The molecule has 1 aliphatic rings. The lowest BCUT2D eigenvalue weighted by molar-refractivity contribution is 0.169. The van der Waals surface area contributed by atoms with E-state index < -0.39 is 0 Å². The molecule has 1 saturated heterocycles. The lowest BCUT2D eigenvalue weighted by Crippen LogP contribution is -2.37. The van der Waals surface area contributed by atoms with Crippen molar-refractivity contribution in [3.63, 3.8) is 0 Å². The molecular weight excluding hydrogens is 270 g/mol. The first-order valence-electron chi connectivity index (χ1n) is 6.91. The Hall–Kier alpha value is -1.01. The van der Waals surface area contributed by atoms with Crippen molar-refractivity contribution in [1.82, 2.24) is 9.80 Å². The van der Waals surface area contributed by atoms with Crippen molar-refractivity contribution in [3.8, 4) is 0 Å². The van der Waals surface area contributed by atoms with E-state index in [4.69, 9.17) is 18.0 Å². The molecule has 0 spiro atoms. The third kappa shape index (κ3) is 3.99. The van der Waals surface area contributed by atoms with Gasteiger partial charge in [-0.3, -0.25) is 4.90 Å². The maximum absolute atomic E-state index is 9.90. The molecule has 1 heterocycles. The van der Waals surface area contributed by atoms with Crippen molar-refractivity contribution >= 4 is 17.2 Å². The SMILES string of the molecule is CN(C)CC1CC(O)CN1Cc1cccc(C(N)=S)c1. The van der Waals surface area contributed by atoms with Crippen LogP contribution in [-0.2, 0) is 6.54 Å². The van der Waals surface area contributed by atoms with Gasteiger partial charge in [0.05, 0.1) is 6.10 Å². The number of aliphatic hydroxyl groups is 1. The number of nitrogens with two attached hydrogens (primary N) is 1. The van der Waals surface area contributed by atoms with Crippen LogP contribution in [0.15, 0.2) is 24.3 Å². The largest absolute Gasteiger partial charge is 0.392 e. The summed E-state index contributed by atoms with van der Waals surface area (Å²) in [5.41, 5.74) is 7.77. The van der Waals surface area contributed by atoms with Crippen molar-refractivity contribution in [2.75, 3.05) is 27.2 Å². The first-order valence-corrected chi connectivity index (χ1v) is 7.32. The normalized spacial score (nSPS) is 23.4. The van der Waals surface area contributed by atoms with Gasteiger partial charge in [0.1, 0.15) is 4.99 Å². The third-order valence-corrected chi connectivity index (χ3v) is 3.91. The van der Waals surface area contributed by atoms with Crippen LogP contribution < -0.4 is 5.73 Å². The zero-order valence-corrected chi connectivity index (χ0v) is 12.9. The predicted octanol–water partition coefficient (Wildman–Crippen LogP) is 0.818. The van der Waals surface area contributed by atoms with Crippen LogP contribution in [0, 0.1) is 0 Å². The van der Waals surface area contributed by atoms with Crippen LogP contribution in [0.3, 0.4) is 0 Å². The number of hydrogen-bond donors (Lipinski definition) is 2. The second kappa shape index (κ2) is 6.63. The number of hydrogen-bond acceptors (Lipinski definition) is 4. The number of nitrogens with zero attached hydrogens (tertiary/aromatic N) is 2. The van der Waals surface area contributed by atoms with Crippen LogP contribution >= 0.6 is 12.2 Å². The maximum Gasteiger partial charge on any atom is 0.103 e. The van der Waals surface area contributed by atoms with Gasteiger partial charge in [-0.2, -0.15) is 0 Å². The van der Waals surface area contributed by atoms with Crippen LogP contribution in [0.25, 0.3) is 0 Å². The highest BCUT2D eigenvalue weighted by molar-refractivity contribution is 7.80. The molecule has 0 bridgehead atoms. The number of likely N-dealkylation sites (tertiary alicyclic amines) is 1. The first kappa shape index (κ1) is 15.4. The van der Waals surface area contributed by atoms with Gasteiger partial charge in [0.2, 0.25) is 0 Å². The topological polar surface area (TPSA) is 52.7 Å². The van der Waals surface area contributed by atoms with E-state index in [1.807, 2.05) is 18.2 Å². The zero-order valence-electron chi connectivity index (χ0n) is 12.1. The Morgan fingerprint density at radius 3 is 2.90 bits per heavy atom. The Labute approximate surface area is 126 Å². The first-order chi connectivity index (χ1) is 9.45. The Balaban J connectivity index is 2.07. The molecular formula is C15H23N3OS. The van der Waals surface area contributed by atoms with Crippen molar-refractivity contribution < 1.29 is 5.11 Å². The molecule has 1 aromatic rings. The summed E-state index contributed by atoms with van der Waals surface area (Å²) in [4.78, 5) is 4.93. The fraction of sp³-hybridized carbons (Fsp3) is 0.533. The van der Waals surface area contributed by atoms with Gasteiger partial charge in [0, 0.05) is 31.2 Å². The van der Waals surface area contributed by atoms with Crippen molar-refractivity contribution in [2.45, 2.75) is 25.1 Å². The van der Waals surface area contributed by atoms with Gasteiger partial charge in [0.25, 0.3) is 0 Å². The predicted molar refractivity (Wildman–Crippen MR) is 85.7 cm³/mol. The number of thiocarbonyl (C=S) groups is 1. The second-order valence-electron chi connectivity index (χ2n) is 5.80. The Morgan fingerprint density at radius 1 is 1.50 bits per heavy atom. The second-order valence-corrected chi connectivity index (χ2v) is 6.24. The van der Waals surface area contributed by atoms with E-state index in [-0.39, 0.29) is 6.10 Å². The molecule has 3 N–H and O–H groups in total. The third-order valence-electron chi connectivity index (χ3n) is 3.68. The average Bonchev–Trinajstić information content (AvgIpc) is 2.68. The molecule has 1 aliphatic heterocycles. The molecule has 1 aromatic carbocycles. The summed E-state index contributed by atoms with van der Waals surface area (Å²) in [7, 11) is 4.13. The molecule has 4 nitrogen and oxygen atoms in total. The van der Waals surface area contributed by atoms with E-state index in [1.54, 1.807) is 0 Å². The van der Waals surface area contributed by atoms with Gasteiger partial charge in [-0.15, -0.1) is 0 Å². The van der Waals surface area contributed by atoms with Crippen molar-refractivity contribution in [3.05, 3.63) is 35.4 Å². The van der Waals surface area contributed by atoms with Gasteiger partial charge < -0.3 is 15.7 Å². The van der Waals surface area contributed by atoms with Crippen LogP contribution in [0.5, 0.6) is 0 Å². The smallest absolute Gasteiger partial charge is 0.103 e. The van der Waals surface area contributed by atoms with Gasteiger partial charge in [0.15, 0.2) is 0 Å². The molecule has 110 valence electrons. The van der Waals surface area contributed by atoms with Gasteiger partial charge >= 0.3 is 0 Å². The Morgan fingerprint density at radius 2 is 2.25 bits per heavy atom. The van der Waals surface area contributed by atoms with E-state index in [0.29, 0.717) is 11.0 Å². The summed E-state index contributed by atoms with van der Waals surface area (Å²) >= 11 is 5.02. The number of benzene rings is 1. The van der Waals surface area contributed by atoms with E-state index in [0.717, 1.165) is 31.6 Å². The quantitative estimate of drug-likeness (QED) is 0.787. The lowest BCUT2D eigenvalue weighted by atomic mass is 10.1. The molecule has 0 saturated carbocycles. The lowest BCUT2D eigenvalue weighted by Gasteiger charge is -2.26. The highest BCUT2D eigenvalue weighted by Gasteiger charge is 2.30. The molecule has 0 aromatic heterocycles. The summed E-state index contributed by atoms with van der Waals surface area (Å²) in [6, 6.07) is 8.44. The molecule has 0 radical (unpaired) electrons. The molecule has 2 rings (SSSR count). The molecule has 2 unspecified atom stereocenters. The van der Waals surface area contributed by atoms with E-state index in [1.165, 1.54) is 5.56 Å². The highest BCUT2D eigenvalue weighted by atomic mass is 32.1. The number of β-amino-alcohol motifs (C(OH)–C–C–N with tert-alkyl or cyclic N) is 1. The molecule has 2 atom stereocenters. The summed E-state index contributed by atoms with van der Waals surface area (Å²) in [6.45, 7) is 2.52. The minimum absolute atomic E-state index is 0.223. The van der Waals surface area contributed by atoms with E-state index in [9.17, 15) is 5.11 Å². The fourth-order valence-corrected chi connectivity index (χ4v) is 2.95. The van der Waals surface area contributed by atoms with Crippen LogP contribution in [0.1, 0.15) is 17.5 Å². The van der Waals surface area contributed by atoms with Crippen LogP contribution in [0.2, 0.25) is 0 Å². The molecule has 1 fully saturated rings. The van der Waals surface area contributed by atoms with Crippen LogP contribution in [0.4, 0.5) is 0 Å². The number of aliphatic hydroxyl groups excluding tert-OH is 1. The Bertz CT molecular complexity index is 478. The zero-order chi connectivity index (χ0) is 14.7. The summed E-state index contributed by atoms with van der Waals surface area (Å²) in [5, 5.41) is 9.90. The standard InChI is InChI=1S/C15H23N3OS/c1-17(2)9-13-7-14(19)10-18(13)8-11-4-3-5-12(6-11)15(16)20/h3-6,13-14,19H,7-10H2,1-2H3,(H2,16,20). The average molecular weight is 293 g/mol. The molecule has 0 amide bonds. The van der Waals surface area contributed by atoms with Gasteiger partial charge in [-0.25, -0.2) is 0 Å². The van der Waals surface area contributed by atoms with Gasteiger partial charge in [-0.05, 0) is 32.1 Å². The maximum atomic E-state index is 9.90. The number of likely N-dealkylation sites (N-methyl/N-ethyl adjacent to an activating group) is 1. The summed E-state index contributed by atoms with van der Waals surface area (Å²) in [5.74, 6) is 0. The molecule has 5 heteroatoms. The summed E-state index contributed by atoms with van der Waals surface area (Å²) < 4.78 is 0. The van der Waals surface area contributed by atoms with Crippen LogP contribution in [-0.4, -0.2) is 59.2 Å². The minimum Gasteiger partial charge on any atom is -0.392 e. The highest BCUT2D eigenvalue weighted by Crippen LogP contribution is 2.21. The minimum atomic E-state index is -0.223. The van der Waals surface area contributed by atoms with E-state index >= 15 is 0 Å². The molecule has 20 heavy (non-hydrogen) atoms. The van der Waals surface area contributed by atoms with Crippen molar-refractivity contribution in [1.29, 1.82) is 0 Å². The Kier molecular flexibility index (Phi) is 5.10. The fourth-order valence-electron chi connectivity index (χ4n) is 2.82. The van der Waals surface area contributed by atoms with Gasteiger partial charge in [-0.1, -0.05) is 30.4 Å². The van der Waals surface area contributed by atoms with Crippen molar-refractivity contribution in [2.24, 2.45) is 5.73 Å².